The van der Waals surface area contributed by atoms with Crippen LogP contribution in [-0.4, -0.2) is 42.7 Å². The molecule has 0 radical (unpaired) electrons. The zero-order valence-electron chi connectivity index (χ0n) is 9.82. The van der Waals surface area contributed by atoms with Gasteiger partial charge in [0.15, 0.2) is 0 Å². The van der Waals surface area contributed by atoms with E-state index in [1.54, 1.807) is 18.0 Å². The van der Waals surface area contributed by atoms with Crippen LogP contribution in [0, 0.1) is 0 Å². The van der Waals surface area contributed by atoms with E-state index in [0.717, 1.165) is 5.56 Å². The molecule has 17 heavy (non-hydrogen) atoms. The number of amides is 1. The molecule has 2 N–H and O–H groups in total. The minimum atomic E-state index is -0.0825. The van der Waals surface area contributed by atoms with Crippen LogP contribution in [0.3, 0.4) is 0 Å². The molecule has 0 aliphatic heterocycles. The first-order chi connectivity index (χ1) is 8.13. The maximum atomic E-state index is 11.5. The molecule has 1 aromatic carbocycles. The number of rotatable bonds is 6. The summed E-state index contributed by atoms with van der Waals surface area (Å²) >= 11 is 5.97. The van der Waals surface area contributed by atoms with Gasteiger partial charge in [0, 0.05) is 18.1 Å². The van der Waals surface area contributed by atoms with E-state index in [-0.39, 0.29) is 19.1 Å². The van der Waals surface area contributed by atoms with Crippen molar-refractivity contribution in [3.63, 3.8) is 0 Å². The summed E-state index contributed by atoms with van der Waals surface area (Å²) in [6, 6.07) is 7.40. The van der Waals surface area contributed by atoms with Crippen LogP contribution < -0.4 is 5.32 Å². The van der Waals surface area contributed by atoms with Gasteiger partial charge in [-0.25, -0.2) is 0 Å². The van der Waals surface area contributed by atoms with Gasteiger partial charge < -0.3 is 10.4 Å². The lowest BCUT2D eigenvalue weighted by Crippen LogP contribution is -2.36. The van der Waals surface area contributed by atoms with Crippen LogP contribution in [-0.2, 0) is 11.3 Å². The SMILES string of the molecule is CN(CCO)CC(=O)NCc1ccccc1Cl. The molecule has 0 spiro atoms. The molecule has 0 saturated carbocycles. The number of aliphatic hydroxyl groups excluding tert-OH is 1. The molecule has 0 atom stereocenters. The number of hydrogen-bond donors (Lipinski definition) is 2. The summed E-state index contributed by atoms with van der Waals surface area (Å²) in [5, 5.41) is 12.1. The van der Waals surface area contributed by atoms with Crippen molar-refractivity contribution in [3.8, 4) is 0 Å². The second kappa shape index (κ2) is 7.27. The van der Waals surface area contributed by atoms with Gasteiger partial charge in [0.25, 0.3) is 0 Å². The van der Waals surface area contributed by atoms with Crippen molar-refractivity contribution < 1.29 is 9.90 Å². The minimum absolute atomic E-state index is 0.0499. The first kappa shape index (κ1) is 14.0. The van der Waals surface area contributed by atoms with Crippen LogP contribution in [0.4, 0.5) is 0 Å². The molecule has 0 unspecified atom stereocenters. The van der Waals surface area contributed by atoms with Crippen molar-refractivity contribution in [2.24, 2.45) is 0 Å². The molecule has 0 saturated heterocycles. The molecule has 0 aliphatic carbocycles. The van der Waals surface area contributed by atoms with Crippen molar-refractivity contribution >= 4 is 17.5 Å². The Morgan fingerprint density at radius 3 is 2.82 bits per heavy atom. The summed E-state index contributed by atoms with van der Waals surface area (Å²) in [6.45, 7) is 1.23. The smallest absolute Gasteiger partial charge is 0.234 e. The summed E-state index contributed by atoms with van der Waals surface area (Å²) < 4.78 is 0. The van der Waals surface area contributed by atoms with E-state index < -0.39 is 0 Å². The van der Waals surface area contributed by atoms with Crippen molar-refractivity contribution in [2.75, 3.05) is 26.7 Å². The van der Waals surface area contributed by atoms with Crippen molar-refractivity contribution in [3.05, 3.63) is 34.9 Å². The van der Waals surface area contributed by atoms with E-state index in [9.17, 15) is 4.79 Å². The predicted octanol–water partition coefficient (Wildman–Crippen LogP) is 0.880. The largest absolute Gasteiger partial charge is 0.395 e. The highest BCUT2D eigenvalue weighted by Crippen LogP contribution is 2.14. The number of likely N-dealkylation sites (N-methyl/N-ethyl adjacent to an activating group) is 1. The maximum Gasteiger partial charge on any atom is 0.234 e. The number of nitrogens with zero attached hydrogens (tertiary/aromatic N) is 1. The molecule has 1 aromatic rings. The molecule has 0 fully saturated rings. The molecule has 1 amide bonds. The van der Waals surface area contributed by atoms with Gasteiger partial charge in [0.05, 0.1) is 13.2 Å². The fraction of sp³-hybridized carbons (Fsp3) is 0.417. The monoisotopic (exact) mass is 256 g/mol. The summed E-state index contributed by atoms with van der Waals surface area (Å²) in [6.07, 6.45) is 0. The number of benzene rings is 1. The average molecular weight is 257 g/mol. The molecule has 5 heteroatoms. The lowest BCUT2D eigenvalue weighted by atomic mass is 10.2. The van der Waals surface area contributed by atoms with Crippen LogP contribution in [0.15, 0.2) is 24.3 Å². The van der Waals surface area contributed by atoms with E-state index in [2.05, 4.69) is 5.32 Å². The summed E-state index contributed by atoms with van der Waals surface area (Å²) in [5.74, 6) is -0.0825. The molecule has 0 aromatic heterocycles. The fourth-order valence-electron chi connectivity index (χ4n) is 1.39. The van der Waals surface area contributed by atoms with Gasteiger partial charge in [0.1, 0.15) is 0 Å². The standard InChI is InChI=1S/C12H17ClN2O2/c1-15(6-7-16)9-12(17)14-8-10-4-2-3-5-11(10)13/h2-5,16H,6-9H2,1H3,(H,14,17). The molecule has 0 aliphatic rings. The highest BCUT2D eigenvalue weighted by Gasteiger charge is 2.06. The molecule has 0 bridgehead atoms. The topological polar surface area (TPSA) is 52.6 Å². The second-order valence-electron chi connectivity index (χ2n) is 3.83. The van der Waals surface area contributed by atoms with Gasteiger partial charge in [-0.3, -0.25) is 9.69 Å². The Hall–Kier alpha value is -1.10. The van der Waals surface area contributed by atoms with Gasteiger partial charge in [-0.05, 0) is 18.7 Å². The lowest BCUT2D eigenvalue weighted by molar-refractivity contribution is -0.122. The first-order valence-electron chi connectivity index (χ1n) is 5.43. The van der Waals surface area contributed by atoms with E-state index >= 15 is 0 Å². The third kappa shape index (κ3) is 5.17. The highest BCUT2D eigenvalue weighted by molar-refractivity contribution is 6.31. The van der Waals surface area contributed by atoms with Crippen LogP contribution in [0.25, 0.3) is 0 Å². The van der Waals surface area contributed by atoms with Gasteiger partial charge >= 0.3 is 0 Å². The minimum Gasteiger partial charge on any atom is -0.395 e. The third-order valence-corrected chi connectivity index (χ3v) is 2.70. The first-order valence-corrected chi connectivity index (χ1v) is 5.80. The summed E-state index contributed by atoms with van der Waals surface area (Å²) in [5.41, 5.74) is 0.896. The molecular weight excluding hydrogens is 240 g/mol. The van der Waals surface area contributed by atoms with Gasteiger partial charge in [-0.15, -0.1) is 0 Å². The number of carbonyl (C=O) groups excluding carboxylic acids is 1. The van der Waals surface area contributed by atoms with Gasteiger partial charge in [-0.1, -0.05) is 29.8 Å². The third-order valence-electron chi connectivity index (χ3n) is 2.33. The van der Waals surface area contributed by atoms with Crippen LogP contribution in [0.2, 0.25) is 5.02 Å². The zero-order chi connectivity index (χ0) is 12.7. The van der Waals surface area contributed by atoms with Crippen molar-refractivity contribution in [1.82, 2.24) is 10.2 Å². The van der Waals surface area contributed by atoms with Crippen LogP contribution in [0.5, 0.6) is 0 Å². The number of nitrogens with one attached hydrogen (secondary N) is 1. The second-order valence-corrected chi connectivity index (χ2v) is 4.24. The molecule has 4 nitrogen and oxygen atoms in total. The number of carbonyl (C=O) groups is 1. The molecule has 1 rings (SSSR count). The number of halogens is 1. The van der Waals surface area contributed by atoms with Crippen LogP contribution >= 0.6 is 11.6 Å². The van der Waals surface area contributed by atoms with Crippen LogP contribution in [0.1, 0.15) is 5.56 Å². The van der Waals surface area contributed by atoms with E-state index in [0.29, 0.717) is 18.1 Å². The van der Waals surface area contributed by atoms with Gasteiger partial charge in [-0.2, -0.15) is 0 Å². The summed E-state index contributed by atoms with van der Waals surface area (Å²) in [7, 11) is 1.78. The normalized spacial score (nSPS) is 10.6. The quantitative estimate of drug-likeness (QED) is 0.795. The zero-order valence-corrected chi connectivity index (χ0v) is 10.6. The summed E-state index contributed by atoms with van der Waals surface area (Å²) in [4.78, 5) is 13.3. The number of hydrogen-bond acceptors (Lipinski definition) is 3. The molecule has 0 heterocycles. The van der Waals surface area contributed by atoms with Crippen molar-refractivity contribution in [2.45, 2.75) is 6.54 Å². The molecule has 94 valence electrons. The number of aliphatic hydroxyl groups is 1. The molecular formula is C12H17ClN2O2. The fourth-order valence-corrected chi connectivity index (χ4v) is 1.59. The Bertz CT molecular complexity index is 371. The van der Waals surface area contributed by atoms with E-state index in [1.165, 1.54) is 0 Å². The Morgan fingerprint density at radius 2 is 2.18 bits per heavy atom. The van der Waals surface area contributed by atoms with Gasteiger partial charge in [0.2, 0.25) is 5.91 Å². The van der Waals surface area contributed by atoms with E-state index in [4.69, 9.17) is 16.7 Å². The highest BCUT2D eigenvalue weighted by atomic mass is 35.5. The predicted molar refractivity (Wildman–Crippen MR) is 67.9 cm³/mol. The Kier molecular flexibility index (Phi) is 5.97. The lowest BCUT2D eigenvalue weighted by Gasteiger charge is -2.14. The average Bonchev–Trinajstić information content (AvgIpc) is 2.28. The Labute approximate surface area is 106 Å². The maximum absolute atomic E-state index is 11.5. The Morgan fingerprint density at radius 1 is 1.47 bits per heavy atom. The van der Waals surface area contributed by atoms with Crippen molar-refractivity contribution in [1.29, 1.82) is 0 Å². The van der Waals surface area contributed by atoms with E-state index in [1.807, 2.05) is 18.2 Å². The Balaban J connectivity index is 2.36.